The van der Waals surface area contributed by atoms with Crippen LogP contribution < -0.4 is 20.7 Å². The molecule has 59 heavy (non-hydrogen) atoms. The normalized spacial score (nSPS) is 12.0. The van der Waals surface area contributed by atoms with E-state index in [0.29, 0.717) is 22.7 Å². The van der Waals surface area contributed by atoms with Crippen LogP contribution in [0.5, 0.6) is 5.75 Å². The highest BCUT2D eigenvalue weighted by Gasteiger charge is 2.37. The van der Waals surface area contributed by atoms with Crippen LogP contribution in [-0.2, 0) is 33.6 Å². The summed E-state index contributed by atoms with van der Waals surface area (Å²) in [4.78, 5) is 41.5. The monoisotopic (exact) mass is 827 g/mol. The molecule has 3 N–H and O–H groups in total. The quantitative estimate of drug-likeness (QED) is 0.0997. The number of benzene rings is 5. The number of alkyl halides is 3. The molecule has 0 aliphatic heterocycles. The predicted molar refractivity (Wildman–Crippen MR) is 213 cm³/mol. The van der Waals surface area contributed by atoms with Gasteiger partial charge in [0.1, 0.15) is 23.3 Å². The van der Waals surface area contributed by atoms with E-state index in [2.05, 4.69) is 21.0 Å². The molecule has 1 atom stereocenters. The van der Waals surface area contributed by atoms with Crippen LogP contribution in [0, 0.1) is 5.82 Å². The summed E-state index contributed by atoms with van der Waals surface area (Å²) in [5.41, 5.74) is -1.19. The van der Waals surface area contributed by atoms with Crippen molar-refractivity contribution in [1.29, 1.82) is 0 Å². The van der Waals surface area contributed by atoms with Gasteiger partial charge in [0.15, 0.2) is 15.5 Å². The van der Waals surface area contributed by atoms with Crippen molar-refractivity contribution in [2.75, 3.05) is 25.2 Å². The fourth-order valence-electron chi connectivity index (χ4n) is 6.27. The fraction of sp³-hybridized carbons (Fsp3) is 0.163. The minimum absolute atomic E-state index is 0.0564. The third kappa shape index (κ3) is 10.2. The molecular formula is C43H37F4N5O6S. The van der Waals surface area contributed by atoms with E-state index in [1.165, 1.54) is 49.6 Å². The number of carbonyl (C=O) groups is 3. The fourth-order valence-corrected chi connectivity index (χ4v) is 7.18. The van der Waals surface area contributed by atoms with Gasteiger partial charge in [0.05, 0.1) is 28.9 Å². The molecule has 0 saturated heterocycles. The van der Waals surface area contributed by atoms with Crippen LogP contribution >= 0.6 is 0 Å². The summed E-state index contributed by atoms with van der Waals surface area (Å²) >= 11 is 0. The molecule has 0 unspecified atom stereocenters. The van der Waals surface area contributed by atoms with E-state index in [4.69, 9.17) is 4.74 Å². The Balaban J connectivity index is 1.33. The van der Waals surface area contributed by atoms with Crippen LogP contribution in [0.1, 0.15) is 37.7 Å². The van der Waals surface area contributed by atoms with Crippen molar-refractivity contribution in [2.45, 2.75) is 30.0 Å². The Kier molecular flexibility index (Phi) is 12.6. The maximum absolute atomic E-state index is 15.6. The van der Waals surface area contributed by atoms with Crippen molar-refractivity contribution in [3.05, 3.63) is 161 Å². The first-order valence-electron chi connectivity index (χ1n) is 18.0. The van der Waals surface area contributed by atoms with Crippen LogP contribution in [0.25, 0.3) is 16.8 Å². The standard InChI is InChI=1S/C43H37F4N5O6S/c1-58-30-18-20-36(32(25-30)40(53)50-35(23-28-13-7-4-8-14-28)41(54)48-22-21-27-11-5-3-6-12-27)52-37(26-39(51-52)43(45,46)47)42(55)49-34-19-17-29(24-33(34)44)31-15-9-10-16-38(31)59(2,56)57/h3-20,24-26,35H,21-23H2,1-2H3,(H,48,54)(H,49,55)(H,50,53)/t35-/m0/s1. The van der Waals surface area contributed by atoms with Gasteiger partial charge < -0.3 is 20.7 Å². The molecule has 0 aliphatic carbocycles. The minimum Gasteiger partial charge on any atom is -0.497 e. The van der Waals surface area contributed by atoms with Crippen LogP contribution in [0.3, 0.4) is 0 Å². The van der Waals surface area contributed by atoms with Crippen molar-refractivity contribution >= 4 is 33.2 Å². The number of aromatic nitrogens is 2. The smallest absolute Gasteiger partial charge is 0.435 e. The van der Waals surface area contributed by atoms with Crippen LogP contribution in [0.15, 0.2) is 132 Å². The number of methoxy groups -OCH3 is 1. The van der Waals surface area contributed by atoms with Gasteiger partial charge in [-0.3, -0.25) is 14.4 Å². The van der Waals surface area contributed by atoms with Gasteiger partial charge in [-0.05, 0) is 59.5 Å². The van der Waals surface area contributed by atoms with E-state index >= 15 is 4.39 Å². The molecule has 1 heterocycles. The largest absolute Gasteiger partial charge is 0.497 e. The average Bonchev–Trinajstić information content (AvgIpc) is 3.68. The maximum atomic E-state index is 15.6. The molecular weight excluding hydrogens is 791 g/mol. The molecule has 6 rings (SSSR count). The third-order valence-corrected chi connectivity index (χ3v) is 10.3. The van der Waals surface area contributed by atoms with E-state index in [0.717, 1.165) is 24.0 Å². The number of nitrogens with zero attached hydrogens (tertiary/aromatic N) is 2. The highest BCUT2D eigenvalue weighted by atomic mass is 32.2. The number of halogens is 4. The van der Waals surface area contributed by atoms with Crippen molar-refractivity contribution in [1.82, 2.24) is 20.4 Å². The summed E-state index contributed by atoms with van der Waals surface area (Å²) < 4.78 is 88.7. The zero-order chi connectivity index (χ0) is 42.3. The molecule has 1 aromatic heterocycles. The summed E-state index contributed by atoms with van der Waals surface area (Å²) in [6.07, 6.45) is -3.48. The number of hydrogen-bond donors (Lipinski definition) is 3. The second-order valence-corrected chi connectivity index (χ2v) is 15.4. The molecule has 304 valence electrons. The Morgan fingerprint density at radius 3 is 2.12 bits per heavy atom. The molecule has 16 heteroatoms. The zero-order valence-electron chi connectivity index (χ0n) is 31.6. The highest BCUT2D eigenvalue weighted by Crippen LogP contribution is 2.33. The summed E-state index contributed by atoms with van der Waals surface area (Å²) in [7, 11) is -2.40. The predicted octanol–water partition coefficient (Wildman–Crippen LogP) is 7.06. The molecule has 11 nitrogen and oxygen atoms in total. The van der Waals surface area contributed by atoms with Gasteiger partial charge >= 0.3 is 6.18 Å². The number of rotatable bonds is 14. The van der Waals surface area contributed by atoms with Crippen LogP contribution in [0.2, 0.25) is 0 Å². The van der Waals surface area contributed by atoms with Gasteiger partial charge in [-0.25, -0.2) is 17.5 Å². The van der Waals surface area contributed by atoms with E-state index in [9.17, 15) is 36.0 Å². The molecule has 5 aromatic carbocycles. The third-order valence-electron chi connectivity index (χ3n) is 9.18. The Labute approximate surface area is 337 Å². The zero-order valence-corrected chi connectivity index (χ0v) is 32.4. The molecule has 6 aromatic rings. The van der Waals surface area contributed by atoms with E-state index < -0.39 is 62.7 Å². The summed E-state index contributed by atoms with van der Waals surface area (Å²) in [5.74, 6) is -3.53. The molecule has 0 bridgehead atoms. The maximum Gasteiger partial charge on any atom is 0.435 e. The van der Waals surface area contributed by atoms with Crippen molar-refractivity contribution < 1.29 is 45.1 Å². The number of anilines is 1. The first-order valence-corrected chi connectivity index (χ1v) is 19.9. The Morgan fingerprint density at radius 2 is 1.47 bits per heavy atom. The van der Waals surface area contributed by atoms with Crippen molar-refractivity contribution in [2.24, 2.45) is 0 Å². The van der Waals surface area contributed by atoms with Gasteiger partial charge in [0, 0.05) is 30.9 Å². The number of sulfone groups is 1. The second kappa shape index (κ2) is 17.8. The summed E-state index contributed by atoms with van der Waals surface area (Å²) in [6.45, 7) is 0.248. The Morgan fingerprint density at radius 1 is 0.814 bits per heavy atom. The van der Waals surface area contributed by atoms with Crippen LogP contribution in [0.4, 0.5) is 23.2 Å². The number of ether oxygens (including phenoxy) is 1. The minimum atomic E-state index is -5.05. The Bertz CT molecular complexity index is 2600. The molecule has 0 saturated carbocycles. The van der Waals surface area contributed by atoms with Crippen molar-refractivity contribution in [3.8, 4) is 22.6 Å². The van der Waals surface area contributed by atoms with Crippen LogP contribution in [-0.4, -0.2) is 61.9 Å². The summed E-state index contributed by atoms with van der Waals surface area (Å²) in [5, 5.41) is 11.5. The van der Waals surface area contributed by atoms with E-state index in [-0.39, 0.29) is 46.0 Å². The lowest BCUT2D eigenvalue weighted by Gasteiger charge is -2.20. The van der Waals surface area contributed by atoms with Gasteiger partial charge in [-0.2, -0.15) is 18.3 Å². The number of hydrogen-bond acceptors (Lipinski definition) is 7. The number of carbonyl (C=O) groups excluding carboxylic acids is 3. The lowest BCUT2D eigenvalue weighted by molar-refractivity contribution is -0.141. The molecule has 0 fully saturated rings. The molecule has 3 amide bonds. The topological polar surface area (TPSA) is 148 Å². The first-order chi connectivity index (χ1) is 28.1. The lowest BCUT2D eigenvalue weighted by Crippen LogP contribution is -2.48. The molecule has 0 spiro atoms. The van der Waals surface area contributed by atoms with Gasteiger partial charge in [-0.1, -0.05) is 84.9 Å². The number of nitrogens with one attached hydrogen (secondary N) is 3. The Hall–Kier alpha value is -6.81. The van der Waals surface area contributed by atoms with Gasteiger partial charge in [0.2, 0.25) is 5.91 Å². The average molecular weight is 828 g/mol. The number of amides is 3. The molecule has 0 radical (unpaired) electrons. The van der Waals surface area contributed by atoms with Gasteiger partial charge in [0.25, 0.3) is 11.8 Å². The lowest BCUT2D eigenvalue weighted by atomic mass is 10.0. The second-order valence-electron chi connectivity index (χ2n) is 13.4. The molecule has 0 aliphatic rings. The van der Waals surface area contributed by atoms with E-state index in [1.54, 1.807) is 36.4 Å². The van der Waals surface area contributed by atoms with Crippen molar-refractivity contribution in [3.63, 3.8) is 0 Å². The summed E-state index contributed by atoms with van der Waals surface area (Å²) in [6, 6.07) is 30.7. The SMILES string of the molecule is COc1ccc(-n2nc(C(F)(F)F)cc2C(=O)Nc2ccc(-c3ccccc3S(C)(=O)=O)cc2F)c(C(=O)N[C@@H](Cc2ccccc2)C(=O)NCCc2ccccc2)c1. The highest BCUT2D eigenvalue weighted by molar-refractivity contribution is 7.90. The van der Waals surface area contributed by atoms with E-state index in [1.807, 2.05) is 30.3 Å². The first kappa shape index (κ1) is 41.8. The van der Waals surface area contributed by atoms with Gasteiger partial charge in [-0.15, -0.1) is 0 Å².